The van der Waals surface area contributed by atoms with E-state index in [0.29, 0.717) is 16.8 Å². The summed E-state index contributed by atoms with van der Waals surface area (Å²) in [5, 5.41) is 2.68. The first-order valence-corrected chi connectivity index (χ1v) is 9.46. The molecule has 132 valence electrons. The Labute approximate surface area is 153 Å². The molecular weight excluding hydrogens is 350 g/mol. The molecule has 0 unspecified atom stereocenters. The van der Waals surface area contributed by atoms with E-state index in [1.54, 1.807) is 43.3 Å². The molecule has 6 heteroatoms. The largest absolute Gasteiger partial charge is 0.315 e. The Hall–Kier alpha value is -3.06. The zero-order valence-corrected chi connectivity index (χ0v) is 15.2. The lowest BCUT2D eigenvalue weighted by Crippen LogP contribution is -2.08. The minimum absolute atomic E-state index is 0.0363. The van der Waals surface area contributed by atoms with Crippen LogP contribution in [0, 0.1) is 23.7 Å². The van der Waals surface area contributed by atoms with Crippen molar-refractivity contribution >= 4 is 21.7 Å². The Balaban J connectivity index is 1.95. The molecule has 0 saturated heterocycles. The van der Waals surface area contributed by atoms with Crippen molar-refractivity contribution in [2.75, 3.05) is 11.6 Å². The van der Waals surface area contributed by atoms with E-state index >= 15 is 0 Å². The van der Waals surface area contributed by atoms with Crippen LogP contribution >= 0.6 is 0 Å². The van der Waals surface area contributed by atoms with Gasteiger partial charge in [0, 0.05) is 22.7 Å². The second kappa shape index (κ2) is 8.87. The second-order valence-electron chi connectivity index (χ2n) is 5.32. The number of amides is 1. The third kappa shape index (κ3) is 6.82. The summed E-state index contributed by atoms with van der Waals surface area (Å²) in [4.78, 5) is 11.9. The zero-order chi connectivity index (χ0) is 19.0. The molecule has 0 aliphatic heterocycles. The van der Waals surface area contributed by atoms with Crippen molar-refractivity contribution in [1.29, 1.82) is 0 Å². The summed E-state index contributed by atoms with van der Waals surface area (Å²) in [5.41, 5.74) is 2.84. The number of hydrogen-bond acceptors (Lipinski definition) is 4. The number of anilines is 1. The van der Waals surface area contributed by atoms with Crippen LogP contribution in [0.5, 0.6) is 0 Å². The van der Waals surface area contributed by atoms with Crippen molar-refractivity contribution in [3.63, 3.8) is 0 Å². The molecule has 2 aromatic carbocycles. The van der Waals surface area contributed by atoms with Crippen LogP contribution in [0.3, 0.4) is 0 Å². The Morgan fingerprint density at radius 3 is 2.15 bits per heavy atom. The fraction of sp³-hybridized carbons (Fsp3) is 0.150. The topological polar surface area (TPSA) is 72.5 Å². The first kappa shape index (κ1) is 19.3. The maximum absolute atomic E-state index is 11.9. The summed E-state index contributed by atoms with van der Waals surface area (Å²) < 4.78 is 26.6. The van der Waals surface area contributed by atoms with Gasteiger partial charge in [0.2, 0.25) is 0 Å². The highest BCUT2D eigenvalue weighted by Crippen LogP contribution is 2.09. The van der Waals surface area contributed by atoms with Gasteiger partial charge in [-0.2, -0.15) is 8.42 Å². The second-order valence-corrected chi connectivity index (χ2v) is 6.96. The summed E-state index contributed by atoms with van der Waals surface area (Å²) in [7, 11) is -3.48. The predicted octanol–water partition coefficient (Wildman–Crippen LogP) is 2.52. The van der Waals surface area contributed by atoms with Crippen molar-refractivity contribution in [3.8, 4) is 23.7 Å². The average Bonchev–Trinajstić information content (AvgIpc) is 2.60. The molecule has 0 bridgehead atoms. The van der Waals surface area contributed by atoms with Crippen LogP contribution in [-0.4, -0.2) is 20.6 Å². The molecule has 0 aromatic heterocycles. The maximum atomic E-state index is 11.9. The van der Waals surface area contributed by atoms with Crippen LogP contribution in [0.25, 0.3) is 0 Å². The minimum atomic E-state index is -3.48. The molecule has 1 N–H and O–H groups in total. The quantitative estimate of drug-likeness (QED) is 0.666. The number of hydrogen-bond donors (Lipinski definition) is 1. The van der Waals surface area contributed by atoms with Crippen LogP contribution < -0.4 is 5.32 Å². The molecule has 0 spiro atoms. The van der Waals surface area contributed by atoms with Crippen LogP contribution in [0.4, 0.5) is 5.69 Å². The van der Waals surface area contributed by atoms with Gasteiger partial charge in [-0.1, -0.05) is 24.0 Å². The maximum Gasteiger partial charge on any atom is 0.300 e. The van der Waals surface area contributed by atoms with Gasteiger partial charge in [-0.3, -0.25) is 8.98 Å². The number of carbonyl (C=O) groups is 1. The lowest BCUT2D eigenvalue weighted by molar-refractivity contribution is -0.111. The minimum Gasteiger partial charge on any atom is -0.315 e. The molecule has 2 aromatic rings. The third-order valence-corrected chi connectivity index (χ3v) is 3.67. The van der Waals surface area contributed by atoms with Crippen LogP contribution in [0.1, 0.15) is 23.6 Å². The van der Waals surface area contributed by atoms with E-state index in [0.717, 1.165) is 11.8 Å². The Morgan fingerprint density at radius 1 is 1.00 bits per heavy atom. The van der Waals surface area contributed by atoms with E-state index in [4.69, 9.17) is 4.18 Å². The lowest BCUT2D eigenvalue weighted by atomic mass is 10.1. The Kier molecular flexibility index (Phi) is 6.57. The van der Waals surface area contributed by atoms with Gasteiger partial charge in [-0.15, -0.1) is 5.92 Å². The highest BCUT2D eigenvalue weighted by atomic mass is 32.2. The number of nitrogens with one attached hydrogen (secondary N) is 1. The van der Waals surface area contributed by atoms with E-state index in [9.17, 15) is 13.2 Å². The van der Waals surface area contributed by atoms with E-state index in [1.807, 2.05) is 12.1 Å². The van der Waals surface area contributed by atoms with Crippen molar-refractivity contribution < 1.29 is 17.4 Å². The van der Waals surface area contributed by atoms with Gasteiger partial charge in [0.1, 0.15) is 0 Å². The summed E-state index contributed by atoms with van der Waals surface area (Å²) in [6.07, 6.45) is 0.996. The standard InChI is InChI=1S/C20H17NO4S/c1-3-4-16-9-12-19(13-10-16)21-20(22)14-11-17-5-7-18(8-6-17)15-25-26(2,23)24/h5-10,12-13H,15H2,1-2H3,(H,21,22). The molecule has 2 rings (SSSR count). The molecule has 1 amide bonds. The molecule has 0 atom stereocenters. The van der Waals surface area contributed by atoms with Gasteiger partial charge >= 0.3 is 5.91 Å². The number of carbonyl (C=O) groups excluding carboxylic acids is 1. The summed E-state index contributed by atoms with van der Waals surface area (Å²) in [5.74, 6) is 10.6. The van der Waals surface area contributed by atoms with E-state index in [-0.39, 0.29) is 6.61 Å². The third-order valence-electron chi connectivity index (χ3n) is 3.13. The summed E-state index contributed by atoms with van der Waals surface area (Å²) in [6, 6.07) is 13.9. The molecular formula is C20H17NO4S. The smallest absolute Gasteiger partial charge is 0.300 e. The zero-order valence-electron chi connectivity index (χ0n) is 14.4. The first-order valence-electron chi connectivity index (χ1n) is 7.65. The molecule has 0 aliphatic carbocycles. The highest BCUT2D eigenvalue weighted by Gasteiger charge is 2.02. The lowest BCUT2D eigenvalue weighted by Gasteiger charge is -2.01. The monoisotopic (exact) mass is 367 g/mol. The van der Waals surface area contributed by atoms with Crippen molar-refractivity contribution in [2.45, 2.75) is 13.5 Å². The molecule has 26 heavy (non-hydrogen) atoms. The Bertz CT molecular complexity index is 1000. The van der Waals surface area contributed by atoms with E-state index in [1.165, 1.54) is 0 Å². The Morgan fingerprint density at radius 2 is 1.58 bits per heavy atom. The first-order chi connectivity index (χ1) is 12.4. The van der Waals surface area contributed by atoms with Crippen LogP contribution in [-0.2, 0) is 25.7 Å². The molecule has 0 aliphatic rings. The fourth-order valence-electron chi connectivity index (χ4n) is 1.93. The molecule has 5 nitrogen and oxygen atoms in total. The van der Waals surface area contributed by atoms with Gasteiger partial charge in [0.05, 0.1) is 12.9 Å². The van der Waals surface area contributed by atoms with E-state index < -0.39 is 16.0 Å². The highest BCUT2D eigenvalue weighted by molar-refractivity contribution is 7.85. The van der Waals surface area contributed by atoms with Gasteiger partial charge < -0.3 is 5.32 Å². The van der Waals surface area contributed by atoms with Crippen LogP contribution in [0.2, 0.25) is 0 Å². The van der Waals surface area contributed by atoms with Crippen molar-refractivity contribution in [3.05, 3.63) is 65.2 Å². The van der Waals surface area contributed by atoms with Crippen molar-refractivity contribution in [1.82, 2.24) is 0 Å². The summed E-state index contributed by atoms with van der Waals surface area (Å²) >= 11 is 0. The number of rotatable bonds is 4. The van der Waals surface area contributed by atoms with Gasteiger partial charge in [0.15, 0.2) is 0 Å². The molecule has 0 fully saturated rings. The van der Waals surface area contributed by atoms with E-state index in [2.05, 4.69) is 29.0 Å². The summed E-state index contributed by atoms with van der Waals surface area (Å²) in [6.45, 7) is 1.72. The number of benzene rings is 2. The van der Waals surface area contributed by atoms with Crippen molar-refractivity contribution in [2.24, 2.45) is 0 Å². The molecule has 0 heterocycles. The van der Waals surface area contributed by atoms with Gasteiger partial charge in [0.25, 0.3) is 10.1 Å². The normalized spacial score (nSPS) is 10.1. The molecule has 0 radical (unpaired) electrons. The molecule has 0 saturated carbocycles. The average molecular weight is 367 g/mol. The SMILES string of the molecule is CC#Cc1ccc(NC(=O)C#Cc2ccc(COS(C)(=O)=O)cc2)cc1. The fourth-order valence-corrected chi connectivity index (χ4v) is 2.28. The van der Waals surface area contributed by atoms with Gasteiger partial charge in [-0.25, -0.2) is 0 Å². The predicted molar refractivity (Wildman–Crippen MR) is 101 cm³/mol. The van der Waals surface area contributed by atoms with Gasteiger partial charge in [-0.05, 0) is 48.9 Å². The van der Waals surface area contributed by atoms with Crippen LogP contribution in [0.15, 0.2) is 48.5 Å².